The summed E-state index contributed by atoms with van der Waals surface area (Å²) in [5.74, 6) is 0.475. The van der Waals surface area contributed by atoms with Gasteiger partial charge in [-0.2, -0.15) is 0 Å². The molecule has 0 radical (unpaired) electrons. The normalized spacial score (nSPS) is 29.1. The molecule has 29 heavy (non-hydrogen) atoms. The molecule has 1 amide bonds. The molecule has 1 unspecified atom stereocenters. The highest BCUT2D eigenvalue weighted by Gasteiger charge is 2.51. The van der Waals surface area contributed by atoms with E-state index in [-0.39, 0.29) is 22.4 Å². The standard InChI is InChI=1S/C18H25F2N3O5S/c1-10(22-15(25)6-24)7-26-12-4-11(5-12)8-27-13-2-3-18(13)16(21)29-17(23-18)28-9-14(19)20/h2,10-12,14,21,24H,3-9H2,1H3,(H,22,25)/t10-,11?,12?,18?/m0/s1. The van der Waals surface area contributed by atoms with Gasteiger partial charge in [0.2, 0.25) is 5.91 Å². The summed E-state index contributed by atoms with van der Waals surface area (Å²) in [5, 5.41) is 19.8. The quantitative estimate of drug-likeness (QED) is 0.483. The van der Waals surface area contributed by atoms with Gasteiger partial charge in [0.25, 0.3) is 11.7 Å². The Hall–Kier alpha value is -1.72. The number of thioether (sulfide) groups is 1. The zero-order valence-corrected chi connectivity index (χ0v) is 16.8. The van der Waals surface area contributed by atoms with Crippen molar-refractivity contribution in [2.45, 2.75) is 50.3 Å². The zero-order chi connectivity index (χ0) is 21.0. The predicted octanol–water partition coefficient (Wildman–Crippen LogP) is 1.68. The fraction of sp³-hybridized carbons (Fsp3) is 0.722. The molecule has 8 nitrogen and oxygen atoms in total. The molecule has 3 N–H and O–H groups in total. The number of aliphatic hydroxyl groups is 1. The second-order valence-corrected chi connectivity index (χ2v) is 8.34. The van der Waals surface area contributed by atoms with Gasteiger partial charge in [0.15, 0.2) is 12.1 Å². The van der Waals surface area contributed by atoms with Crippen LogP contribution < -0.4 is 5.32 Å². The van der Waals surface area contributed by atoms with E-state index in [1.807, 2.05) is 13.0 Å². The number of ether oxygens (including phenoxy) is 3. The highest BCUT2D eigenvalue weighted by Crippen LogP contribution is 2.46. The molecule has 0 aromatic rings. The van der Waals surface area contributed by atoms with Crippen LogP contribution in [0.4, 0.5) is 8.78 Å². The van der Waals surface area contributed by atoms with E-state index in [1.54, 1.807) is 0 Å². The molecule has 3 rings (SSSR count). The minimum atomic E-state index is -2.58. The summed E-state index contributed by atoms with van der Waals surface area (Å²) >= 11 is 0.955. The topological polar surface area (TPSA) is 113 Å². The number of aliphatic hydroxyl groups excluding tert-OH is 1. The van der Waals surface area contributed by atoms with Crippen LogP contribution in [-0.2, 0) is 19.0 Å². The number of hydrogen-bond acceptors (Lipinski definition) is 8. The molecule has 1 heterocycles. The maximum absolute atomic E-state index is 12.3. The van der Waals surface area contributed by atoms with Gasteiger partial charge in [-0.15, -0.1) is 0 Å². The number of halogens is 2. The SMILES string of the molecule is C[C@@H](COC1CC(COC2=CCC23N=C(OCC(F)F)SC3=N)C1)NC(=O)CO. The molecule has 2 atom stereocenters. The van der Waals surface area contributed by atoms with Crippen molar-refractivity contribution in [2.24, 2.45) is 10.9 Å². The van der Waals surface area contributed by atoms with Gasteiger partial charge in [0.1, 0.15) is 17.4 Å². The number of hydrogen-bond donors (Lipinski definition) is 3. The number of rotatable bonds is 10. The first-order valence-electron chi connectivity index (χ1n) is 9.45. The number of carbonyl (C=O) groups excluding carboxylic acids is 1. The van der Waals surface area contributed by atoms with Crippen molar-refractivity contribution in [3.05, 3.63) is 11.8 Å². The van der Waals surface area contributed by atoms with E-state index in [9.17, 15) is 13.6 Å². The molecule has 3 aliphatic rings. The van der Waals surface area contributed by atoms with Crippen LogP contribution in [0.3, 0.4) is 0 Å². The van der Waals surface area contributed by atoms with Gasteiger partial charge in [-0.25, -0.2) is 13.8 Å². The van der Waals surface area contributed by atoms with Crippen molar-refractivity contribution in [1.29, 1.82) is 5.41 Å². The largest absolute Gasteiger partial charge is 0.495 e. The number of aliphatic imine (C=N–C) groups is 1. The minimum absolute atomic E-state index is 0.0871. The lowest BCUT2D eigenvalue weighted by Gasteiger charge is -2.39. The second-order valence-electron chi connectivity index (χ2n) is 7.37. The number of alkyl halides is 2. The summed E-state index contributed by atoms with van der Waals surface area (Å²) in [5.41, 5.74) is -0.901. The average molecular weight is 433 g/mol. The van der Waals surface area contributed by atoms with Gasteiger partial charge in [-0.1, -0.05) is 0 Å². The lowest BCUT2D eigenvalue weighted by Crippen LogP contribution is -2.43. The van der Waals surface area contributed by atoms with Crippen molar-refractivity contribution in [2.75, 3.05) is 26.4 Å². The molecule has 1 spiro atoms. The Morgan fingerprint density at radius 3 is 2.83 bits per heavy atom. The van der Waals surface area contributed by atoms with Crippen LogP contribution in [0.2, 0.25) is 0 Å². The lowest BCUT2D eigenvalue weighted by atomic mass is 9.82. The van der Waals surface area contributed by atoms with Gasteiger partial charge in [-0.3, -0.25) is 10.2 Å². The van der Waals surface area contributed by atoms with Crippen molar-refractivity contribution >= 4 is 27.9 Å². The summed E-state index contributed by atoms with van der Waals surface area (Å²) in [6.07, 6.45) is 1.54. The van der Waals surface area contributed by atoms with E-state index >= 15 is 0 Å². The lowest BCUT2D eigenvalue weighted by molar-refractivity contribution is -0.125. The molecule has 0 aromatic carbocycles. The predicted molar refractivity (Wildman–Crippen MR) is 103 cm³/mol. The maximum atomic E-state index is 12.3. The van der Waals surface area contributed by atoms with Crippen LogP contribution in [-0.4, -0.2) is 71.8 Å². The van der Waals surface area contributed by atoms with Crippen LogP contribution in [0, 0.1) is 11.3 Å². The maximum Gasteiger partial charge on any atom is 0.272 e. The molecule has 0 saturated heterocycles. The van der Waals surface area contributed by atoms with Crippen LogP contribution in [0.15, 0.2) is 16.8 Å². The Morgan fingerprint density at radius 2 is 2.21 bits per heavy atom. The Balaban J connectivity index is 1.36. The third-order valence-electron chi connectivity index (χ3n) is 4.97. The molecule has 11 heteroatoms. The van der Waals surface area contributed by atoms with Crippen molar-refractivity contribution in [1.82, 2.24) is 5.32 Å². The fourth-order valence-electron chi connectivity index (χ4n) is 3.26. The second kappa shape index (κ2) is 9.40. The summed E-state index contributed by atoms with van der Waals surface area (Å²) < 4.78 is 41.1. The number of amides is 1. The van der Waals surface area contributed by atoms with Crippen molar-refractivity contribution < 1.29 is 32.9 Å². The third kappa shape index (κ3) is 5.26. The van der Waals surface area contributed by atoms with Crippen LogP contribution in [0.5, 0.6) is 0 Å². The smallest absolute Gasteiger partial charge is 0.272 e. The molecule has 0 aromatic heterocycles. The van der Waals surface area contributed by atoms with E-state index in [1.165, 1.54) is 0 Å². The summed E-state index contributed by atoms with van der Waals surface area (Å²) in [6, 6.07) is -0.171. The van der Waals surface area contributed by atoms with E-state index < -0.39 is 31.1 Å². The molecule has 1 fully saturated rings. The Morgan fingerprint density at radius 1 is 1.45 bits per heavy atom. The summed E-state index contributed by atoms with van der Waals surface area (Å²) in [4.78, 5) is 15.4. The molecule has 1 aliphatic heterocycles. The number of carbonyl (C=O) groups is 1. The molecule has 2 aliphatic carbocycles. The zero-order valence-electron chi connectivity index (χ0n) is 16.0. The number of nitrogens with one attached hydrogen (secondary N) is 2. The van der Waals surface area contributed by atoms with Gasteiger partial charge < -0.3 is 24.6 Å². The summed E-state index contributed by atoms with van der Waals surface area (Å²) in [6.45, 7) is 1.39. The number of nitrogens with zero attached hydrogens (tertiary/aromatic N) is 1. The average Bonchev–Trinajstić information content (AvgIpc) is 2.98. The molecular weight excluding hydrogens is 408 g/mol. The Bertz CT molecular complexity index is 699. The molecular formula is C18H25F2N3O5S. The third-order valence-corrected chi connectivity index (χ3v) is 5.90. The fourth-order valence-corrected chi connectivity index (χ4v) is 4.16. The van der Waals surface area contributed by atoms with E-state index in [4.69, 9.17) is 24.7 Å². The van der Waals surface area contributed by atoms with Crippen LogP contribution >= 0.6 is 11.8 Å². The van der Waals surface area contributed by atoms with Gasteiger partial charge >= 0.3 is 0 Å². The first-order valence-corrected chi connectivity index (χ1v) is 10.3. The van der Waals surface area contributed by atoms with E-state index in [2.05, 4.69) is 10.3 Å². The monoisotopic (exact) mass is 433 g/mol. The van der Waals surface area contributed by atoms with Gasteiger partial charge in [0.05, 0.1) is 19.3 Å². The minimum Gasteiger partial charge on any atom is -0.495 e. The van der Waals surface area contributed by atoms with Gasteiger partial charge in [0, 0.05) is 12.5 Å². The van der Waals surface area contributed by atoms with Crippen LogP contribution in [0.1, 0.15) is 26.2 Å². The first-order chi connectivity index (χ1) is 13.8. The Labute approximate surface area is 171 Å². The van der Waals surface area contributed by atoms with E-state index in [0.717, 1.165) is 24.6 Å². The molecule has 1 saturated carbocycles. The highest BCUT2D eigenvalue weighted by molar-refractivity contribution is 8.26. The van der Waals surface area contributed by atoms with Gasteiger partial charge in [-0.05, 0) is 43.5 Å². The highest BCUT2D eigenvalue weighted by atomic mass is 32.2. The van der Waals surface area contributed by atoms with Crippen LogP contribution in [0.25, 0.3) is 0 Å². The molecule has 0 bridgehead atoms. The van der Waals surface area contributed by atoms with Crippen molar-refractivity contribution in [3.63, 3.8) is 0 Å². The summed E-state index contributed by atoms with van der Waals surface area (Å²) in [7, 11) is 0. The van der Waals surface area contributed by atoms with Crippen molar-refractivity contribution in [3.8, 4) is 0 Å². The molecule has 162 valence electrons. The first kappa shape index (κ1) is 22.0. The van der Waals surface area contributed by atoms with E-state index in [0.29, 0.717) is 31.3 Å². The Kier molecular flexibility index (Phi) is 7.12.